The Morgan fingerprint density at radius 1 is 1.17 bits per heavy atom. The van der Waals surface area contributed by atoms with Crippen molar-refractivity contribution < 1.29 is 9.90 Å². The van der Waals surface area contributed by atoms with Crippen LogP contribution in [0.25, 0.3) is 10.8 Å². The molecule has 2 amide bonds. The third-order valence-corrected chi connectivity index (χ3v) is 5.09. The van der Waals surface area contributed by atoms with Gasteiger partial charge in [0.15, 0.2) is 0 Å². The Labute approximate surface area is 141 Å². The number of carbonyl (C=O) groups excluding carboxylic acids is 1. The molecular weight excluding hydrogens is 308 g/mol. The van der Waals surface area contributed by atoms with Crippen LogP contribution in [-0.4, -0.2) is 35.2 Å². The Hall–Kier alpha value is -1.72. The summed E-state index contributed by atoms with van der Waals surface area (Å²) in [6, 6.07) is 13.6. The van der Waals surface area contributed by atoms with E-state index in [0.29, 0.717) is 6.54 Å². The standard InChI is InChI=1S/C18H24N2O2S/c1-18(2,23-3)12-20-17(22)19-11-16(21)15-9-8-13-6-4-5-7-14(13)10-15/h4-10,16,21H,11-12H2,1-3H3,(H2,19,20,22). The van der Waals surface area contributed by atoms with Crippen molar-refractivity contribution in [1.29, 1.82) is 0 Å². The van der Waals surface area contributed by atoms with Crippen molar-refractivity contribution in [3.63, 3.8) is 0 Å². The van der Waals surface area contributed by atoms with Crippen LogP contribution in [0, 0.1) is 0 Å². The molecule has 3 N–H and O–H groups in total. The van der Waals surface area contributed by atoms with E-state index >= 15 is 0 Å². The largest absolute Gasteiger partial charge is 0.387 e. The molecule has 0 saturated heterocycles. The molecule has 0 aliphatic heterocycles. The Morgan fingerprint density at radius 2 is 1.87 bits per heavy atom. The fourth-order valence-electron chi connectivity index (χ4n) is 2.15. The van der Waals surface area contributed by atoms with Crippen LogP contribution in [-0.2, 0) is 0 Å². The van der Waals surface area contributed by atoms with E-state index in [-0.39, 0.29) is 17.3 Å². The number of nitrogens with one attached hydrogen (secondary N) is 2. The number of hydrogen-bond donors (Lipinski definition) is 3. The van der Waals surface area contributed by atoms with Crippen LogP contribution in [0.2, 0.25) is 0 Å². The summed E-state index contributed by atoms with van der Waals surface area (Å²) in [4.78, 5) is 11.8. The third kappa shape index (κ3) is 5.15. The highest BCUT2D eigenvalue weighted by molar-refractivity contribution is 7.99. The molecule has 2 aromatic carbocycles. The average Bonchev–Trinajstić information content (AvgIpc) is 2.57. The number of amides is 2. The molecule has 0 aromatic heterocycles. The number of rotatable bonds is 6. The smallest absolute Gasteiger partial charge is 0.314 e. The average molecular weight is 332 g/mol. The van der Waals surface area contributed by atoms with Gasteiger partial charge in [-0.05, 0) is 42.5 Å². The molecule has 2 rings (SSSR count). The number of thioether (sulfide) groups is 1. The maximum absolute atomic E-state index is 11.8. The summed E-state index contributed by atoms with van der Waals surface area (Å²) in [6.07, 6.45) is 1.29. The molecule has 124 valence electrons. The minimum atomic E-state index is -0.723. The van der Waals surface area contributed by atoms with Gasteiger partial charge in [0.05, 0.1) is 6.10 Å². The van der Waals surface area contributed by atoms with Gasteiger partial charge in [0.1, 0.15) is 0 Å². The van der Waals surface area contributed by atoms with E-state index < -0.39 is 6.10 Å². The van der Waals surface area contributed by atoms with Crippen LogP contribution in [0.1, 0.15) is 25.5 Å². The highest BCUT2D eigenvalue weighted by Gasteiger charge is 2.17. The van der Waals surface area contributed by atoms with Crippen molar-refractivity contribution in [2.75, 3.05) is 19.3 Å². The molecule has 0 aliphatic carbocycles. The predicted molar refractivity (Wildman–Crippen MR) is 97.9 cm³/mol. The molecule has 2 aromatic rings. The Balaban J connectivity index is 1.88. The van der Waals surface area contributed by atoms with Gasteiger partial charge in [-0.2, -0.15) is 11.8 Å². The van der Waals surface area contributed by atoms with Crippen molar-refractivity contribution in [3.8, 4) is 0 Å². The predicted octanol–water partition coefficient (Wildman–Crippen LogP) is 3.31. The molecule has 1 unspecified atom stereocenters. The molecular formula is C18H24N2O2S. The minimum Gasteiger partial charge on any atom is -0.387 e. The molecule has 23 heavy (non-hydrogen) atoms. The van der Waals surface area contributed by atoms with Gasteiger partial charge in [0.2, 0.25) is 0 Å². The third-order valence-electron chi connectivity index (χ3n) is 3.84. The van der Waals surface area contributed by atoms with Crippen molar-refractivity contribution in [1.82, 2.24) is 10.6 Å². The summed E-state index contributed by atoms with van der Waals surface area (Å²) >= 11 is 1.70. The van der Waals surface area contributed by atoms with Crippen molar-refractivity contribution in [2.45, 2.75) is 24.7 Å². The molecule has 0 spiro atoms. The van der Waals surface area contributed by atoms with Gasteiger partial charge >= 0.3 is 6.03 Å². The van der Waals surface area contributed by atoms with Crippen molar-refractivity contribution in [2.24, 2.45) is 0 Å². The number of hydrogen-bond acceptors (Lipinski definition) is 3. The van der Waals surface area contributed by atoms with E-state index in [0.717, 1.165) is 16.3 Å². The first-order chi connectivity index (χ1) is 10.9. The highest BCUT2D eigenvalue weighted by atomic mass is 32.2. The van der Waals surface area contributed by atoms with Crippen LogP contribution >= 0.6 is 11.8 Å². The quantitative estimate of drug-likeness (QED) is 0.760. The second-order valence-corrected chi connectivity index (χ2v) is 7.66. The van der Waals surface area contributed by atoms with Gasteiger partial charge in [-0.3, -0.25) is 0 Å². The second-order valence-electron chi connectivity index (χ2n) is 6.15. The molecule has 0 fully saturated rings. The zero-order valence-corrected chi connectivity index (χ0v) is 14.6. The molecule has 0 heterocycles. The Morgan fingerprint density at radius 3 is 2.57 bits per heavy atom. The van der Waals surface area contributed by atoms with Crippen LogP contribution < -0.4 is 10.6 Å². The van der Waals surface area contributed by atoms with Crippen molar-refractivity contribution >= 4 is 28.6 Å². The maximum Gasteiger partial charge on any atom is 0.314 e. The lowest BCUT2D eigenvalue weighted by molar-refractivity contribution is 0.173. The number of carbonyl (C=O) groups is 1. The van der Waals surface area contributed by atoms with Gasteiger partial charge in [0, 0.05) is 17.8 Å². The summed E-state index contributed by atoms with van der Waals surface area (Å²) < 4.78 is -0.00565. The molecule has 0 bridgehead atoms. The zero-order valence-electron chi connectivity index (χ0n) is 13.8. The van der Waals surface area contributed by atoms with E-state index in [2.05, 4.69) is 24.5 Å². The normalized spacial score (nSPS) is 12.9. The second kappa shape index (κ2) is 7.70. The summed E-state index contributed by atoms with van der Waals surface area (Å²) in [5, 5.41) is 18.0. The zero-order chi connectivity index (χ0) is 16.9. The number of fused-ring (bicyclic) bond motifs is 1. The summed E-state index contributed by atoms with van der Waals surface area (Å²) in [7, 11) is 0. The molecule has 5 heteroatoms. The monoisotopic (exact) mass is 332 g/mol. The van der Waals surface area contributed by atoms with Crippen LogP contribution in [0.15, 0.2) is 42.5 Å². The molecule has 0 saturated carbocycles. The van der Waals surface area contributed by atoms with Gasteiger partial charge < -0.3 is 15.7 Å². The van der Waals surface area contributed by atoms with E-state index in [9.17, 15) is 9.90 Å². The van der Waals surface area contributed by atoms with E-state index in [1.165, 1.54) is 0 Å². The Kier molecular flexibility index (Phi) is 5.91. The highest BCUT2D eigenvalue weighted by Crippen LogP contribution is 2.20. The molecule has 1 atom stereocenters. The fraction of sp³-hybridized carbons (Fsp3) is 0.389. The minimum absolute atomic E-state index is 0.00565. The summed E-state index contributed by atoms with van der Waals surface area (Å²) in [6.45, 7) is 4.90. The fourth-order valence-corrected chi connectivity index (χ4v) is 2.37. The number of urea groups is 1. The lowest BCUT2D eigenvalue weighted by atomic mass is 10.0. The molecule has 0 radical (unpaired) electrons. The summed E-state index contributed by atoms with van der Waals surface area (Å²) in [5.74, 6) is 0. The SMILES string of the molecule is CSC(C)(C)CNC(=O)NCC(O)c1ccc2ccccc2c1. The molecule has 4 nitrogen and oxygen atoms in total. The van der Waals surface area contributed by atoms with E-state index in [1.54, 1.807) is 11.8 Å². The van der Waals surface area contributed by atoms with Gasteiger partial charge in [-0.15, -0.1) is 0 Å². The molecule has 0 aliphatic rings. The van der Waals surface area contributed by atoms with Crippen LogP contribution in [0.3, 0.4) is 0 Å². The number of benzene rings is 2. The van der Waals surface area contributed by atoms with E-state index in [1.807, 2.05) is 48.7 Å². The van der Waals surface area contributed by atoms with Gasteiger partial charge in [-0.1, -0.05) is 36.4 Å². The van der Waals surface area contributed by atoms with Gasteiger partial charge in [0.25, 0.3) is 0 Å². The first kappa shape index (κ1) is 17.6. The lowest BCUT2D eigenvalue weighted by Gasteiger charge is -2.22. The maximum atomic E-state index is 11.8. The first-order valence-electron chi connectivity index (χ1n) is 7.65. The first-order valence-corrected chi connectivity index (χ1v) is 8.87. The van der Waals surface area contributed by atoms with Gasteiger partial charge in [-0.25, -0.2) is 4.79 Å². The van der Waals surface area contributed by atoms with Crippen molar-refractivity contribution in [3.05, 3.63) is 48.0 Å². The summed E-state index contributed by atoms with van der Waals surface area (Å²) in [5.41, 5.74) is 0.799. The van der Waals surface area contributed by atoms with Crippen LogP contribution in [0.5, 0.6) is 0 Å². The Bertz CT molecular complexity index is 673. The van der Waals surface area contributed by atoms with Crippen LogP contribution in [0.4, 0.5) is 4.79 Å². The number of aliphatic hydroxyl groups is 1. The van der Waals surface area contributed by atoms with E-state index in [4.69, 9.17) is 0 Å². The topological polar surface area (TPSA) is 61.4 Å². The number of aliphatic hydroxyl groups excluding tert-OH is 1. The lowest BCUT2D eigenvalue weighted by Crippen LogP contribution is -2.43.